The lowest BCUT2D eigenvalue weighted by molar-refractivity contribution is -0.231. The molecule has 4 rings (SSSR count). The molecule has 0 radical (unpaired) electrons. The number of rotatable bonds is 4. The van der Waals surface area contributed by atoms with E-state index in [9.17, 15) is 40.5 Å². The van der Waals surface area contributed by atoms with E-state index < -0.39 is 54.1 Å². The van der Waals surface area contributed by atoms with Crippen LogP contribution in [0.3, 0.4) is 0 Å². The molecule has 5 atom stereocenters. The van der Waals surface area contributed by atoms with Crippen LogP contribution in [0.25, 0.3) is 22.1 Å². The van der Waals surface area contributed by atoms with Gasteiger partial charge in [0.2, 0.25) is 5.43 Å². The van der Waals surface area contributed by atoms with Crippen molar-refractivity contribution in [1.82, 2.24) is 0 Å². The van der Waals surface area contributed by atoms with E-state index in [1.165, 1.54) is 25.3 Å². The molecule has 0 unspecified atom stereocenters. The minimum Gasteiger partial charge on any atom is -0.507 e. The predicted octanol–water partition coefficient (Wildman–Crippen LogP) is 0.100. The summed E-state index contributed by atoms with van der Waals surface area (Å²) in [5, 5.41) is 70.4. The fraction of sp³-hybridized carbons (Fsp3) is 0.318. The number of hydrogen-bond acceptors (Lipinski definition) is 11. The van der Waals surface area contributed by atoms with Gasteiger partial charge in [0, 0.05) is 6.07 Å². The highest BCUT2D eigenvalue weighted by atomic mass is 16.5. The van der Waals surface area contributed by atoms with Gasteiger partial charge in [0.15, 0.2) is 17.1 Å². The van der Waals surface area contributed by atoms with Gasteiger partial charge in [-0.1, -0.05) is 6.07 Å². The molecule has 0 bridgehead atoms. The van der Waals surface area contributed by atoms with Crippen LogP contribution in [0.4, 0.5) is 0 Å². The van der Waals surface area contributed by atoms with E-state index in [0.29, 0.717) is 5.56 Å². The van der Waals surface area contributed by atoms with Crippen molar-refractivity contribution in [3.8, 4) is 34.1 Å². The standard InChI is InChI=1S/C22H22O11/c1-31-13-4-8(2-3-10(13)24)9-7-32-21-15(17(9)27)11(25)5-12(26)16(21)22-20(30)19(29)18(28)14(6-23)33-22/h2-5,7,14,18-20,22-26,28-30H,6H2,1H3/t14-,18-,19+,20-,22+/m1/s1. The van der Waals surface area contributed by atoms with Gasteiger partial charge in [-0.25, -0.2) is 0 Å². The molecule has 0 amide bonds. The van der Waals surface area contributed by atoms with Crippen molar-refractivity contribution < 1.29 is 49.6 Å². The second-order valence-electron chi connectivity index (χ2n) is 7.65. The first-order chi connectivity index (χ1) is 15.7. The summed E-state index contributed by atoms with van der Waals surface area (Å²) in [6.07, 6.45) is -6.84. The van der Waals surface area contributed by atoms with Crippen LogP contribution in [0.15, 0.2) is 39.7 Å². The smallest absolute Gasteiger partial charge is 0.204 e. The average Bonchev–Trinajstić information content (AvgIpc) is 2.79. The summed E-state index contributed by atoms with van der Waals surface area (Å²) in [6.45, 7) is -0.699. The number of phenols is 3. The molecule has 7 N–H and O–H groups in total. The lowest BCUT2D eigenvalue weighted by Gasteiger charge is -2.40. The van der Waals surface area contributed by atoms with E-state index in [4.69, 9.17) is 13.9 Å². The van der Waals surface area contributed by atoms with Crippen molar-refractivity contribution in [3.63, 3.8) is 0 Å². The minimum absolute atomic E-state index is 0.00143. The zero-order chi connectivity index (χ0) is 24.0. The highest BCUT2D eigenvalue weighted by Gasteiger charge is 2.46. The van der Waals surface area contributed by atoms with Crippen LogP contribution in [0, 0.1) is 0 Å². The third-order valence-electron chi connectivity index (χ3n) is 5.71. The van der Waals surface area contributed by atoms with Crippen molar-refractivity contribution in [1.29, 1.82) is 0 Å². The molecule has 1 aromatic heterocycles. The molecule has 1 aliphatic rings. The maximum atomic E-state index is 13.3. The number of aliphatic hydroxyl groups excluding tert-OH is 4. The first kappa shape index (κ1) is 22.8. The fourth-order valence-electron chi connectivity index (χ4n) is 3.95. The molecular formula is C22H22O11. The topological polar surface area (TPSA) is 190 Å². The Kier molecular flexibility index (Phi) is 5.91. The van der Waals surface area contributed by atoms with E-state index in [2.05, 4.69) is 0 Å². The number of benzene rings is 2. The van der Waals surface area contributed by atoms with Crippen LogP contribution in [-0.4, -0.2) is 73.9 Å². The lowest BCUT2D eigenvalue weighted by atomic mass is 9.89. The van der Waals surface area contributed by atoms with Crippen LogP contribution in [-0.2, 0) is 4.74 Å². The SMILES string of the molecule is COc1cc(-c2coc3c([C@@H]4O[C@H](CO)[C@@H](O)[C@H](O)[C@H]4O)c(O)cc(O)c3c2=O)ccc1O. The highest BCUT2D eigenvalue weighted by molar-refractivity contribution is 5.91. The Hall–Kier alpha value is -3.35. The Morgan fingerprint density at radius 3 is 2.36 bits per heavy atom. The van der Waals surface area contributed by atoms with Gasteiger partial charge in [-0.15, -0.1) is 0 Å². The van der Waals surface area contributed by atoms with Crippen LogP contribution < -0.4 is 10.2 Å². The number of methoxy groups -OCH3 is 1. The summed E-state index contributed by atoms with van der Waals surface area (Å²) in [6, 6.07) is 5.00. The summed E-state index contributed by atoms with van der Waals surface area (Å²) in [4.78, 5) is 13.3. The van der Waals surface area contributed by atoms with Gasteiger partial charge in [-0.3, -0.25) is 4.79 Å². The van der Waals surface area contributed by atoms with Gasteiger partial charge < -0.3 is 49.6 Å². The lowest BCUT2D eigenvalue weighted by Crippen LogP contribution is -2.55. The number of hydrogen-bond donors (Lipinski definition) is 7. The van der Waals surface area contributed by atoms with Crippen molar-refractivity contribution in [2.24, 2.45) is 0 Å². The fourth-order valence-corrected chi connectivity index (χ4v) is 3.95. The Labute approximate surface area is 185 Å². The van der Waals surface area contributed by atoms with Crippen LogP contribution in [0.2, 0.25) is 0 Å². The first-order valence-electron chi connectivity index (χ1n) is 9.87. The quantitative estimate of drug-likeness (QED) is 0.278. The summed E-state index contributed by atoms with van der Waals surface area (Å²) >= 11 is 0. The van der Waals surface area contributed by atoms with Gasteiger partial charge in [-0.05, 0) is 17.7 Å². The maximum absolute atomic E-state index is 13.3. The van der Waals surface area contributed by atoms with Crippen LogP contribution in [0.1, 0.15) is 11.7 Å². The molecule has 2 aromatic carbocycles. The summed E-state index contributed by atoms with van der Waals surface area (Å²) < 4.78 is 16.1. The molecule has 11 heteroatoms. The summed E-state index contributed by atoms with van der Waals surface area (Å²) in [5.41, 5.74) is -0.973. The Bertz CT molecular complexity index is 1250. The molecule has 2 heterocycles. The Morgan fingerprint density at radius 2 is 1.70 bits per heavy atom. The Morgan fingerprint density at radius 1 is 0.970 bits per heavy atom. The van der Waals surface area contributed by atoms with Gasteiger partial charge in [0.05, 0.1) is 24.8 Å². The monoisotopic (exact) mass is 462 g/mol. The van der Waals surface area contributed by atoms with E-state index in [0.717, 1.165) is 12.3 Å². The molecular weight excluding hydrogens is 440 g/mol. The molecule has 1 aliphatic heterocycles. The van der Waals surface area contributed by atoms with Crippen molar-refractivity contribution >= 4 is 11.0 Å². The zero-order valence-corrected chi connectivity index (χ0v) is 17.2. The third-order valence-corrected chi connectivity index (χ3v) is 5.71. The van der Waals surface area contributed by atoms with E-state index in [-0.39, 0.29) is 33.6 Å². The van der Waals surface area contributed by atoms with Crippen molar-refractivity contribution in [2.45, 2.75) is 30.5 Å². The largest absolute Gasteiger partial charge is 0.507 e. The predicted molar refractivity (Wildman–Crippen MR) is 112 cm³/mol. The molecule has 11 nitrogen and oxygen atoms in total. The van der Waals surface area contributed by atoms with E-state index >= 15 is 0 Å². The van der Waals surface area contributed by atoms with E-state index in [1.54, 1.807) is 0 Å². The molecule has 3 aromatic rings. The molecule has 0 aliphatic carbocycles. The number of aliphatic hydroxyl groups is 4. The molecule has 0 spiro atoms. The molecule has 0 saturated carbocycles. The summed E-state index contributed by atoms with van der Waals surface area (Å²) in [5.74, 6) is -1.27. The number of aromatic hydroxyl groups is 3. The van der Waals surface area contributed by atoms with Gasteiger partial charge in [0.25, 0.3) is 0 Å². The van der Waals surface area contributed by atoms with Crippen molar-refractivity contribution in [3.05, 3.63) is 46.3 Å². The molecule has 1 saturated heterocycles. The molecule has 176 valence electrons. The van der Waals surface area contributed by atoms with Crippen LogP contribution >= 0.6 is 0 Å². The minimum atomic E-state index is -1.76. The van der Waals surface area contributed by atoms with Crippen molar-refractivity contribution in [2.75, 3.05) is 13.7 Å². The average molecular weight is 462 g/mol. The second-order valence-corrected chi connectivity index (χ2v) is 7.65. The molecule has 33 heavy (non-hydrogen) atoms. The number of ether oxygens (including phenoxy) is 2. The molecule has 1 fully saturated rings. The maximum Gasteiger partial charge on any atom is 0.204 e. The van der Waals surface area contributed by atoms with Gasteiger partial charge in [0.1, 0.15) is 53.7 Å². The van der Waals surface area contributed by atoms with Crippen LogP contribution in [0.5, 0.6) is 23.0 Å². The third kappa shape index (κ3) is 3.65. The number of fused-ring (bicyclic) bond motifs is 1. The van der Waals surface area contributed by atoms with Gasteiger partial charge in [-0.2, -0.15) is 0 Å². The zero-order valence-electron chi connectivity index (χ0n) is 17.2. The highest BCUT2D eigenvalue weighted by Crippen LogP contribution is 2.43. The first-order valence-corrected chi connectivity index (χ1v) is 9.87. The normalized spacial score (nSPS) is 25.3. The number of phenolic OH excluding ortho intramolecular Hbond substituents is 3. The second kappa shape index (κ2) is 8.54. The van der Waals surface area contributed by atoms with E-state index in [1.807, 2.05) is 0 Å². The summed E-state index contributed by atoms with van der Waals surface area (Å²) in [7, 11) is 1.34. The Balaban J connectivity index is 1.92. The van der Waals surface area contributed by atoms with Gasteiger partial charge >= 0.3 is 0 Å².